The fourth-order valence-electron chi connectivity index (χ4n) is 1.49. The standard InChI is InChI=1S/C12H11BrFN3/c1-2-15-12-11(16-5-6-17-12)8-3-4-10(14)9(13)7-8/h3-7H,2H2,1H3,(H,15,17). The molecular weight excluding hydrogens is 285 g/mol. The summed E-state index contributed by atoms with van der Waals surface area (Å²) < 4.78 is 13.6. The molecule has 1 heterocycles. The van der Waals surface area contributed by atoms with Crippen molar-refractivity contribution in [2.45, 2.75) is 6.92 Å². The number of rotatable bonds is 3. The van der Waals surface area contributed by atoms with Crippen LogP contribution in [-0.4, -0.2) is 16.5 Å². The van der Waals surface area contributed by atoms with Crippen LogP contribution >= 0.6 is 15.9 Å². The first-order valence-corrected chi connectivity index (χ1v) is 6.02. The Morgan fingerprint density at radius 2 is 2.06 bits per heavy atom. The Morgan fingerprint density at radius 3 is 2.76 bits per heavy atom. The molecule has 0 aliphatic carbocycles. The highest BCUT2D eigenvalue weighted by atomic mass is 79.9. The van der Waals surface area contributed by atoms with Crippen LogP contribution in [0.2, 0.25) is 0 Å². The Kier molecular flexibility index (Phi) is 3.68. The average Bonchev–Trinajstić information content (AvgIpc) is 2.34. The van der Waals surface area contributed by atoms with Gasteiger partial charge in [-0.3, -0.25) is 4.98 Å². The molecule has 0 atom stereocenters. The topological polar surface area (TPSA) is 37.8 Å². The van der Waals surface area contributed by atoms with Crippen molar-refractivity contribution in [2.24, 2.45) is 0 Å². The van der Waals surface area contributed by atoms with Crippen LogP contribution in [-0.2, 0) is 0 Å². The zero-order valence-corrected chi connectivity index (χ0v) is 10.8. The highest BCUT2D eigenvalue weighted by Crippen LogP contribution is 2.27. The molecule has 17 heavy (non-hydrogen) atoms. The van der Waals surface area contributed by atoms with Gasteiger partial charge in [-0.1, -0.05) is 0 Å². The molecule has 88 valence electrons. The fraction of sp³-hybridized carbons (Fsp3) is 0.167. The molecule has 0 saturated heterocycles. The SMILES string of the molecule is CCNc1nccnc1-c1ccc(F)c(Br)c1. The Morgan fingerprint density at radius 1 is 1.29 bits per heavy atom. The highest BCUT2D eigenvalue weighted by Gasteiger charge is 2.09. The average molecular weight is 296 g/mol. The van der Waals surface area contributed by atoms with Crippen LogP contribution in [0.25, 0.3) is 11.3 Å². The van der Waals surface area contributed by atoms with Gasteiger partial charge in [0.25, 0.3) is 0 Å². The van der Waals surface area contributed by atoms with Crippen molar-refractivity contribution < 1.29 is 4.39 Å². The summed E-state index contributed by atoms with van der Waals surface area (Å²) in [5.74, 6) is 0.413. The molecule has 0 aliphatic rings. The summed E-state index contributed by atoms with van der Waals surface area (Å²) in [6.07, 6.45) is 3.24. The normalized spacial score (nSPS) is 10.3. The molecule has 0 saturated carbocycles. The zero-order valence-electron chi connectivity index (χ0n) is 9.24. The number of hydrogen-bond donors (Lipinski definition) is 1. The van der Waals surface area contributed by atoms with Crippen molar-refractivity contribution in [1.82, 2.24) is 9.97 Å². The van der Waals surface area contributed by atoms with Crippen molar-refractivity contribution in [3.8, 4) is 11.3 Å². The maximum absolute atomic E-state index is 13.2. The van der Waals surface area contributed by atoms with E-state index in [9.17, 15) is 4.39 Å². The zero-order chi connectivity index (χ0) is 12.3. The van der Waals surface area contributed by atoms with E-state index in [-0.39, 0.29) is 5.82 Å². The molecule has 1 aromatic heterocycles. The third kappa shape index (κ3) is 2.61. The van der Waals surface area contributed by atoms with Crippen molar-refractivity contribution in [1.29, 1.82) is 0 Å². The monoisotopic (exact) mass is 295 g/mol. The first kappa shape index (κ1) is 12.0. The van der Waals surface area contributed by atoms with Gasteiger partial charge in [-0.25, -0.2) is 9.37 Å². The lowest BCUT2D eigenvalue weighted by molar-refractivity contribution is 0.621. The molecule has 2 rings (SSSR count). The smallest absolute Gasteiger partial charge is 0.152 e. The predicted octanol–water partition coefficient (Wildman–Crippen LogP) is 3.48. The summed E-state index contributed by atoms with van der Waals surface area (Å²) in [6.45, 7) is 2.74. The minimum atomic E-state index is -0.289. The van der Waals surface area contributed by atoms with Crippen LogP contribution in [0, 0.1) is 5.82 Å². The highest BCUT2D eigenvalue weighted by molar-refractivity contribution is 9.10. The van der Waals surface area contributed by atoms with E-state index in [4.69, 9.17) is 0 Å². The number of hydrogen-bond acceptors (Lipinski definition) is 3. The molecule has 0 unspecified atom stereocenters. The van der Waals surface area contributed by atoms with E-state index in [1.54, 1.807) is 24.5 Å². The van der Waals surface area contributed by atoms with Gasteiger partial charge in [0.2, 0.25) is 0 Å². The first-order chi connectivity index (χ1) is 8.22. The van der Waals surface area contributed by atoms with Crippen LogP contribution in [0.3, 0.4) is 0 Å². The Hall–Kier alpha value is -1.49. The number of nitrogens with zero attached hydrogens (tertiary/aromatic N) is 2. The lowest BCUT2D eigenvalue weighted by Crippen LogP contribution is -2.02. The summed E-state index contributed by atoms with van der Waals surface area (Å²) >= 11 is 3.16. The number of nitrogens with one attached hydrogen (secondary N) is 1. The summed E-state index contributed by atoms with van der Waals surface area (Å²) in [6, 6.07) is 4.79. The molecule has 0 aliphatic heterocycles. The van der Waals surface area contributed by atoms with Gasteiger partial charge in [-0.15, -0.1) is 0 Å². The van der Waals surface area contributed by atoms with Gasteiger partial charge in [0, 0.05) is 24.5 Å². The largest absolute Gasteiger partial charge is 0.369 e. The van der Waals surface area contributed by atoms with Crippen LogP contribution in [0.15, 0.2) is 35.1 Å². The van der Waals surface area contributed by atoms with E-state index in [0.717, 1.165) is 17.8 Å². The van der Waals surface area contributed by atoms with Gasteiger partial charge in [-0.2, -0.15) is 0 Å². The molecule has 1 aromatic carbocycles. The number of benzene rings is 1. The maximum atomic E-state index is 13.2. The molecule has 0 amide bonds. The van der Waals surface area contributed by atoms with Crippen LogP contribution in [0.1, 0.15) is 6.92 Å². The summed E-state index contributed by atoms with van der Waals surface area (Å²) in [4.78, 5) is 8.48. The second-order valence-electron chi connectivity index (χ2n) is 3.41. The third-order valence-corrected chi connectivity index (χ3v) is 2.84. The van der Waals surface area contributed by atoms with E-state index in [1.807, 2.05) is 6.92 Å². The van der Waals surface area contributed by atoms with Crippen LogP contribution < -0.4 is 5.32 Å². The van der Waals surface area contributed by atoms with Crippen molar-refractivity contribution in [3.05, 3.63) is 40.9 Å². The Bertz CT molecular complexity index is 531. The summed E-state index contributed by atoms with van der Waals surface area (Å²) in [5, 5.41) is 3.13. The minimum Gasteiger partial charge on any atom is -0.369 e. The van der Waals surface area contributed by atoms with Crippen LogP contribution in [0.5, 0.6) is 0 Å². The Labute approximate surface area is 107 Å². The first-order valence-electron chi connectivity index (χ1n) is 5.22. The quantitative estimate of drug-likeness (QED) is 0.942. The lowest BCUT2D eigenvalue weighted by atomic mass is 10.1. The van der Waals surface area contributed by atoms with Gasteiger partial charge in [-0.05, 0) is 41.1 Å². The minimum absolute atomic E-state index is 0.289. The molecule has 3 nitrogen and oxygen atoms in total. The molecule has 1 N–H and O–H groups in total. The van der Waals surface area contributed by atoms with Crippen molar-refractivity contribution in [3.63, 3.8) is 0 Å². The van der Waals surface area contributed by atoms with E-state index in [0.29, 0.717) is 10.3 Å². The van der Waals surface area contributed by atoms with E-state index >= 15 is 0 Å². The van der Waals surface area contributed by atoms with Gasteiger partial charge < -0.3 is 5.32 Å². The van der Waals surface area contributed by atoms with Gasteiger partial charge in [0.05, 0.1) is 4.47 Å². The maximum Gasteiger partial charge on any atom is 0.152 e. The molecule has 0 spiro atoms. The van der Waals surface area contributed by atoms with Crippen molar-refractivity contribution in [2.75, 3.05) is 11.9 Å². The predicted molar refractivity (Wildman–Crippen MR) is 69.3 cm³/mol. The van der Waals surface area contributed by atoms with Crippen molar-refractivity contribution >= 4 is 21.7 Å². The van der Waals surface area contributed by atoms with Crippen LogP contribution in [0.4, 0.5) is 10.2 Å². The molecule has 2 aromatic rings. The van der Waals surface area contributed by atoms with E-state index in [1.165, 1.54) is 6.07 Å². The number of aromatic nitrogens is 2. The van der Waals surface area contributed by atoms with E-state index < -0.39 is 0 Å². The molecule has 0 bridgehead atoms. The molecule has 5 heteroatoms. The Balaban J connectivity index is 2.48. The lowest BCUT2D eigenvalue weighted by Gasteiger charge is -2.08. The second-order valence-corrected chi connectivity index (χ2v) is 4.27. The van der Waals surface area contributed by atoms with Gasteiger partial charge in [0.15, 0.2) is 5.82 Å². The number of halogens is 2. The molecular formula is C12H11BrFN3. The number of anilines is 1. The fourth-order valence-corrected chi connectivity index (χ4v) is 1.87. The van der Waals surface area contributed by atoms with Gasteiger partial charge >= 0.3 is 0 Å². The van der Waals surface area contributed by atoms with Gasteiger partial charge in [0.1, 0.15) is 11.5 Å². The second kappa shape index (κ2) is 5.23. The molecule has 0 radical (unpaired) electrons. The summed E-state index contributed by atoms with van der Waals surface area (Å²) in [5.41, 5.74) is 1.54. The third-order valence-electron chi connectivity index (χ3n) is 2.24. The van der Waals surface area contributed by atoms with E-state index in [2.05, 4.69) is 31.2 Å². The summed E-state index contributed by atoms with van der Waals surface area (Å²) in [7, 11) is 0. The molecule has 0 fully saturated rings.